The highest BCUT2D eigenvalue weighted by atomic mass is 32.2. The van der Waals surface area contributed by atoms with Crippen molar-refractivity contribution in [1.82, 2.24) is 5.32 Å². The number of nitrogens with zero attached hydrogens (tertiary/aromatic N) is 1. The number of esters is 2. The van der Waals surface area contributed by atoms with Crippen molar-refractivity contribution in [3.8, 4) is 0 Å². The molecule has 2 heterocycles. The molecule has 1 saturated heterocycles. The minimum atomic E-state index is -0.877. The molecule has 0 aliphatic carbocycles. The average molecular weight is 639 g/mol. The van der Waals surface area contributed by atoms with Crippen molar-refractivity contribution in [3.05, 3.63) is 92.3 Å². The zero-order valence-electron chi connectivity index (χ0n) is 26.2. The van der Waals surface area contributed by atoms with Gasteiger partial charge in [-0.05, 0) is 82.1 Å². The highest BCUT2D eigenvalue weighted by Gasteiger charge is 2.38. The number of benzene rings is 2. The molecule has 1 fully saturated rings. The molecule has 0 aromatic heterocycles. The lowest BCUT2D eigenvalue weighted by Gasteiger charge is -2.30. The number of hydrogen-bond donors (Lipinski definition) is 1. The highest BCUT2D eigenvalue weighted by Crippen LogP contribution is 2.40. The average Bonchev–Trinajstić information content (AvgIpc) is 3.04. The van der Waals surface area contributed by atoms with Crippen LogP contribution >= 0.6 is 11.8 Å². The number of carbonyl (C=O) groups is 2. The Morgan fingerprint density at radius 2 is 1.76 bits per heavy atom. The minimum absolute atomic E-state index is 0.0257. The summed E-state index contributed by atoms with van der Waals surface area (Å²) in [6.07, 6.45) is 6.98. The Labute approximate surface area is 268 Å². The molecule has 0 amide bonds. The maximum absolute atomic E-state index is 13.4. The quantitative estimate of drug-likeness (QED) is 0.0750. The number of aryl methyl sites for hydroxylation is 1. The highest BCUT2D eigenvalue weighted by molar-refractivity contribution is 7.99. The predicted molar refractivity (Wildman–Crippen MR) is 172 cm³/mol. The number of ether oxygens (including phenoxy) is 4. The number of methoxy groups -OCH3 is 1. The number of allylic oxidation sites excluding steroid dienone is 2. The fraction of sp³-hybridized carbons (Fsp3) is 0.471. The number of unbranched alkanes of at least 4 members (excludes halogenated alkanes) is 1. The van der Waals surface area contributed by atoms with Crippen LogP contribution in [0.2, 0.25) is 0 Å². The SMILES string of the molecule is COC(=O)C1=C(C)NC(C)=C(C(=O)OCCCSc2ccc(CCCCOC3CCCCO3)cc2)C1c1cccc([N+](=O)[O-])c1. The van der Waals surface area contributed by atoms with Gasteiger partial charge in [-0.15, -0.1) is 11.8 Å². The molecule has 0 spiro atoms. The van der Waals surface area contributed by atoms with Crippen molar-refractivity contribution in [3.63, 3.8) is 0 Å². The number of thioether (sulfide) groups is 1. The summed E-state index contributed by atoms with van der Waals surface area (Å²) in [5, 5.41) is 14.5. The van der Waals surface area contributed by atoms with Crippen molar-refractivity contribution in [2.24, 2.45) is 0 Å². The summed E-state index contributed by atoms with van der Waals surface area (Å²) in [4.78, 5) is 38.3. The molecule has 242 valence electrons. The van der Waals surface area contributed by atoms with E-state index >= 15 is 0 Å². The van der Waals surface area contributed by atoms with Gasteiger partial charge in [-0.1, -0.05) is 24.3 Å². The number of hydrogen-bond acceptors (Lipinski definition) is 10. The first kappa shape index (κ1) is 34.2. The summed E-state index contributed by atoms with van der Waals surface area (Å²) in [7, 11) is 1.26. The Bertz CT molecular complexity index is 1400. The summed E-state index contributed by atoms with van der Waals surface area (Å²) in [6, 6.07) is 14.5. The molecule has 0 bridgehead atoms. The Morgan fingerprint density at radius 3 is 2.44 bits per heavy atom. The second-order valence-electron chi connectivity index (χ2n) is 11.1. The molecule has 2 aromatic rings. The van der Waals surface area contributed by atoms with Gasteiger partial charge in [0.1, 0.15) is 0 Å². The zero-order valence-corrected chi connectivity index (χ0v) is 27.0. The predicted octanol–water partition coefficient (Wildman–Crippen LogP) is 6.59. The Morgan fingerprint density at radius 1 is 1.00 bits per heavy atom. The van der Waals surface area contributed by atoms with Crippen LogP contribution < -0.4 is 5.32 Å². The van der Waals surface area contributed by atoms with Gasteiger partial charge in [0.25, 0.3) is 5.69 Å². The normalized spacial score (nSPS) is 18.4. The van der Waals surface area contributed by atoms with Crippen LogP contribution in [0.1, 0.15) is 69.4 Å². The second-order valence-corrected chi connectivity index (χ2v) is 12.3. The number of rotatable bonds is 15. The molecule has 2 atom stereocenters. The molecule has 11 heteroatoms. The number of non-ortho nitro benzene ring substituents is 1. The molecular formula is C34H42N2O8S. The Hall–Kier alpha value is -3.67. The summed E-state index contributed by atoms with van der Waals surface area (Å²) >= 11 is 1.69. The van der Waals surface area contributed by atoms with Crippen molar-refractivity contribution < 1.29 is 33.5 Å². The van der Waals surface area contributed by atoms with Crippen molar-refractivity contribution in [2.45, 2.75) is 75.9 Å². The van der Waals surface area contributed by atoms with Crippen LogP contribution in [0.4, 0.5) is 5.69 Å². The number of nitro groups is 1. The van der Waals surface area contributed by atoms with Crippen LogP contribution in [0.3, 0.4) is 0 Å². The number of dihydropyridines is 1. The first-order valence-corrected chi connectivity index (χ1v) is 16.4. The maximum Gasteiger partial charge on any atom is 0.336 e. The van der Waals surface area contributed by atoms with Crippen LogP contribution in [-0.4, -0.2) is 55.8 Å². The Kier molecular flexibility index (Phi) is 13.0. The van der Waals surface area contributed by atoms with E-state index in [1.165, 1.54) is 37.3 Å². The molecule has 4 rings (SSSR count). The summed E-state index contributed by atoms with van der Waals surface area (Å²) in [6.45, 7) is 5.15. The smallest absolute Gasteiger partial charge is 0.336 e. The molecule has 2 aromatic carbocycles. The van der Waals surface area contributed by atoms with E-state index in [2.05, 4.69) is 29.6 Å². The van der Waals surface area contributed by atoms with E-state index in [0.29, 0.717) is 23.4 Å². The van der Waals surface area contributed by atoms with E-state index in [9.17, 15) is 19.7 Å². The van der Waals surface area contributed by atoms with E-state index < -0.39 is 22.8 Å². The lowest BCUT2D eigenvalue weighted by molar-refractivity contribution is -0.384. The molecule has 2 unspecified atom stereocenters. The zero-order chi connectivity index (χ0) is 32.2. The lowest BCUT2D eigenvalue weighted by Crippen LogP contribution is -2.32. The second kappa shape index (κ2) is 17.1. The first-order valence-electron chi connectivity index (χ1n) is 15.4. The van der Waals surface area contributed by atoms with Crippen molar-refractivity contribution in [1.29, 1.82) is 0 Å². The van der Waals surface area contributed by atoms with Crippen molar-refractivity contribution >= 4 is 29.4 Å². The van der Waals surface area contributed by atoms with Crippen LogP contribution in [0, 0.1) is 10.1 Å². The summed E-state index contributed by atoms with van der Waals surface area (Å²) in [5.41, 5.74) is 3.03. The summed E-state index contributed by atoms with van der Waals surface area (Å²) in [5.74, 6) is -1.34. The molecule has 0 saturated carbocycles. The van der Waals surface area contributed by atoms with Gasteiger partial charge in [0, 0.05) is 47.4 Å². The van der Waals surface area contributed by atoms with Crippen LogP contribution in [0.25, 0.3) is 0 Å². The number of nitro benzene ring substituents is 1. The third-order valence-corrected chi connectivity index (χ3v) is 8.91. The standard InChI is InChI=1S/C34H42N2O8S/c1-23-30(33(37)41-3)32(26-11-8-12-27(22-26)36(39)40)31(24(2)35-23)34(38)44-20-9-21-45-28-16-14-25(15-17-28)10-4-6-18-42-29-13-5-7-19-43-29/h8,11-12,14-17,22,29,32,35H,4-7,9-10,13,18-21H2,1-3H3. The molecule has 2 aliphatic rings. The van der Waals surface area contributed by atoms with E-state index in [-0.39, 0.29) is 29.7 Å². The van der Waals surface area contributed by atoms with Crippen LogP contribution in [0.15, 0.2) is 76.0 Å². The molecule has 10 nitrogen and oxygen atoms in total. The fourth-order valence-corrected chi connectivity index (χ4v) is 6.36. The number of nitrogens with one attached hydrogen (secondary N) is 1. The van der Waals surface area contributed by atoms with Gasteiger partial charge in [0.05, 0.1) is 35.7 Å². The molecule has 2 aliphatic heterocycles. The van der Waals surface area contributed by atoms with E-state index in [4.69, 9.17) is 18.9 Å². The Balaban J connectivity index is 1.26. The lowest BCUT2D eigenvalue weighted by atomic mass is 9.80. The van der Waals surface area contributed by atoms with Gasteiger partial charge in [-0.3, -0.25) is 10.1 Å². The maximum atomic E-state index is 13.4. The van der Waals surface area contributed by atoms with Gasteiger partial charge >= 0.3 is 11.9 Å². The molecule has 1 N–H and O–H groups in total. The largest absolute Gasteiger partial charge is 0.466 e. The molecule has 0 radical (unpaired) electrons. The van der Waals surface area contributed by atoms with Gasteiger partial charge in [-0.2, -0.15) is 0 Å². The van der Waals surface area contributed by atoms with E-state index in [1.807, 2.05) is 0 Å². The molecular weight excluding hydrogens is 596 g/mol. The van der Waals surface area contributed by atoms with E-state index in [1.54, 1.807) is 31.7 Å². The topological polar surface area (TPSA) is 126 Å². The van der Waals surface area contributed by atoms with Gasteiger partial charge in [0.15, 0.2) is 6.29 Å². The van der Waals surface area contributed by atoms with Gasteiger partial charge < -0.3 is 24.3 Å². The monoisotopic (exact) mass is 638 g/mol. The molecule has 45 heavy (non-hydrogen) atoms. The van der Waals surface area contributed by atoms with E-state index in [0.717, 1.165) is 56.0 Å². The van der Waals surface area contributed by atoms with Crippen LogP contribution in [-0.2, 0) is 35.0 Å². The van der Waals surface area contributed by atoms with Crippen LogP contribution in [0.5, 0.6) is 0 Å². The van der Waals surface area contributed by atoms with Gasteiger partial charge in [-0.25, -0.2) is 9.59 Å². The third kappa shape index (κ3) is 9.66. The first-order chi connectivity index (χ1) is 21.8. The van der Waals surface area contributed by atoms with Crippen molar-refractivity contribution in [2.75, 3.05) is 32.7 Å². The third-order valence-electron chi connectivity index (χ3n) is 7.82. The summed E-state index contributed by atoms with van der Waals surface area (Å²) < 4.78 is 22.1. The minimum Gasteiger partial charge on any atom is -0.466 e. The number of carbonyl (C=O) groups excluding carboxylic acids is 2. The van der Waals surface area contributed by atoms with Gasteiger partial charge in [0.2, 0.25) is 0 Å². The fourth-order valence-electron chi connectivity index (χ4n) is 5.53.